The van der Waals surface area contributed by atoms with Crippen LogP contribution in [-0.2, 0) is 11.3 Å². The molecule has 0 bridgehead atoms. The molecule has 2 rings (SSSR count). The fourth-order valence-corrected chi connectivity index (χ4v) is 2.24. The number of nitrogens with zero attached hydrogens (tertiary/aromatic N) is 3. The molecule has 1 aromatic carbocycles. The van der Waals surface area contributed by atoms with Gasteiger partial charge in [0.25, 0.3) is 0 Å². The average Bonchev–Trinajstić information content (AvgIpc) is 2.70. The van der Waals surface area contributed by atoms with E-state index in [1.807, 2.05) is 0 Å². The Morgan fingerprint density at radius 3 is 2.60 bits per heavy atom. The quantitative estimate of drug-likeness (QED) is 0.627. The van der Waals surface area contributed by atoms with Crippen molar-refractivity contribution in [1.82, 2.24) is 9.78 Å². The Labute approximate surface area is 129 Å². The molecule has 0 amide bonds. The molecule has 0 aliphatic rings. The number of methoxy groups -OCH3 is 1. The molecule has 106 valence electrons. The monoisotopic (exact) mass is 335 g/mol. The van der Waals surface area contributed by atoms with Gasteiger partial charge in [-0.2, -0.15) is 5.10 Å². The van der Waals surface area contributed by atoms with Crippen LogP contribution in [0.1, 0.15) is 5.69 Å². The number of benzene rings is 1. The first-order chi connectivity index (χ1) is 9.45. The Balaban J connectivity index is 2.59. The van der Waals surface area contributed by atoms with E-state index in [1.165, 1.54) is 17.9 Å². The summed E-state index contributed by atoms with van der Waals surface area (Å²) in [6, 6.07) is 4.68. The summed E-state index contributed by atoms with van der Waals surface area (Å²) in [7, 11) is 1.41. The number of rotatable bonds is 4. The second-order valence-electron chi connectivity index (χ2n) is 3.79. The Morgan fingerprint density at radius 1 is 1.35 bits per heavy atom. The van der Waals surface area contributed by atoms with Crippen molar-refractivity contribution in [2.75, 3.05) is 7.11 Å². The van der Waals surface area contributed by atoms with E-state index in [2.05, 4.69) is 5.10 Å². The fraction of sp³-hybridized carbons (Fsp3) is 0.182. The largest absolute Gasteiger partial charge is 0.378 e. The minimum atomic E-state index is -0.599. The first kappa shape index (κ1) is 15.1. The molecule has 1 aromatic heterocycles. The molecule has 6 nitrogen and oxygen atoms in total. The average molecular weight is 337 g/mol. The topological polar surface area (TPSA) is 70.2 Å². The van der Waals surface area contributed by atoms with E-state index in [4.69, 9.17) is 39.5 Å². The second-order valence-corrected chi connectivity index (χ2v) is 4.96. The van der Waals surface area contributed by atoms with Crippen molar-refractivity contribution < 1.29 is 9.66 Å². The predicted octanol–water partition coefficient (Wildman–Crippen LogP) is 3.89. The van der Waals surface area contributed by atoms with Crippen LogP contribution in [0.5, 0.6) is 0 Å². The highest BCUT2D eigenvalue weighted by molar-refractivity contribution is 6.42. The van der Waals surface area contributed by atoms with E-state index < -0.39 is 4.92 Å². The summed E-state index contributed by atoms with van der Waals surface area (Å²) in [5.41, 5.74) is 0.308. The van der Waals surface area contributed by atoms with Crippen molar-refractivity contribution in [2.24, 2.45) is 0 Å². The second kappa shape index (κ2) is 5.97. The van der Waals surface area contributed by atoms with Gasteiger partial charge < -0.3 is 4.74 Å². The zero-order valence-corrected chi connectivity index (χ0v) is 12.4. The van der Waals surface area contributed by atoms with Crippen LogP contribution in [0.15, 0.2) is 18.2 Å². The normalized spacial score (nSPS) is 10.8. The number of nitro groups is 1. The third-order valence-corrected chi connectivity index (χ3v) is 3.56. The summed E-state index contributed by atoms with van der Waals surface area (Å²) in [6.07, 6.45) is 0. The first-order valence-electron chi connectivity index (χ1n) is 5.32. The maximum Gasteiger partial charge on any atom is 0.331 e. The van der Waals surface area contributed by atoms with Gasteiger partial charge in [-0.3, -0.25) is 10.1 Å². The van der Waals surface area contributed by atoms with Gasteiger partial charge in [0, 0.05) is 7.11 Å². The molecule has 0 saturated heterocycles. The van der Waals surface area contributed by atoms with E-state index in [-0.39, 0.29) is 23.1 Å². The Hall–Kier alpha value is -1.34. The zero-order valence-electron chi connectivity index (χ0n) is 10.1. The van der Waals surface area contributed by atoms with Crippen molar-refractivity contribution in [1.29, 1.82) is 0 Å². The Kier molecular flexibility index (Phi) is 4.49. The van der Waals surface area contributed by atoms with Crippen LogP contribution >= 0.6 is 34.8 Å². The molecule has 20 heavy (non-hydrogen) atoms. The van der Waals surface area contributed by atoms with Gasteiger partial charge in [0.2, 0.25) is 5.15 Å². The molecule has 0 fully saturated rings. The Bertz CT molecular complexity index is 672. The molecule has 0 radical (unpaired) electrons. The van der Waals surface area contributed by atoms with Gasteiger partial charge in [-0.05, 0) is 18.2 Å². The Morgan fingerprint density at radius 2 is 2.05 bits per heavy atom. The molecule has 1 heterocycles. The zero-order chi connectivity index (χ0) is 14.9. The van der Waals surface area contributed by atoms with E-state index in [9.17, 15) is 10.1 Å². The predicted molar refractivity (Wildman–Crippen MR) is 76.0 cm³/mol. The molecule has 2 aromatic rings. The van der Waals surface area contributed by atoms with Crippen LogP contribution in [0.25, 0.3) is 5.69 Å². The lowest BCUT2D eigenvalue weighted by molar-refractivity contribution is -0.385. The van der Waals surface area contributed by atoms with Crippen molar-refractivity contribution in [3.63, 3.8) is 0 Å². The first-order valence-corrected chi connectivity index (χ1v) is 6.45. The molecule has 0 saturated carbocycles. The number of ether oxygens (including phenoxy) is 1. The third kappa shape index (κ3) is 2.73. The van der Waals surface area contributed by atoms with E-state index in [0.29, 0.717) is 15.7 Å². The van der Waals surface area contributed by atoms with Crippen LogP contribution in [0.3, 0.4) is 0 Å². The highest BCUT2D eigenvalue weighted by Gasteiger charge is 2.27. The molecule has 0 unspecified atom stereocenters. The minimum absolute atomic E-state index is 0.0235. The molecule has 0 spiro atoms. The molecular formula is C11H8Cl3N3O3. The van der Waals surface area contributed by atoms with Gasteiger partial charge in [-0.25, -0.2) is 4.68 Å². The number of halogens is 3. The van der Waals surface area contributed by atoms with Crippen LogP contribution < -0.4 is 0 Å². The van der Waals surface area contributed by atoms with E-state index in [0.717, 1.165) is 0 Å². The molecular weight excluding hydrogens is 328 g/mol. The number of aromatic nitrogens is 2. The van der Waals surface area contributed by atoms with Gasteiger partial charge in [0.1, 0.15) is 0 Å². The van der Waals surface area contributed by atoms with Gasteiger partial charge in [0.05, 0.1) is 27.3 Å². The summed E-state index contributed by atoms with van der Waals surface area (Å²) >= 11 is 17.7. The summed E-state index contributed by atoms with van der Waals surface area (Å²) in [4.78, 5) is 10.4. The van der Waals surface area contributed by atoms with E-state index in [1.54, 1.807) is 12.1 Å². The highest BCUT2D eigenvalue weighted by atomic mass is 35.5. The molecule has 0 atom stereocenters. The lowest BCUT2D eigenvalue weighted by Crippen LogP contribution is -1.98. The van der Waals surface area contributed by atoms with Gasteiger partial charge >= 0.3 is 5.69 Å². The van der Waals surface area contributed by atoms with Crippen molar-refractivity contribution in [2.45, 2.75) is 6.61 Å². The van der Waals surface area contributed by atoms with Crippen molar-refractivity contribution in [3.8, 4) is 5.69 Å². The summed E-state index contributed by atoms with van der Waals surface area (Å²) in [5, 5.41) is 15.7. The SMILES string of the molecule is COCc1nn(-c2ccc(Cl)c(Cl)c2)c(Cl)c1[N+](=O)[O-]. The van der Waals surface area contributed by atoms with Gasteiger partial charge in [-0.1, -0.05) is 34.8 Å². The fourth-order valence-electron chi connectivity index (χ4n) is 1.63. The molecule has 0 aliphatic heterocycles. The third-order valence-electron chi connectivity index (χ3n) is 2.49. The molecule has 0 N–H and O–H groups in total. The number of hydrogen-bond donors (Lipinski definition) is 0. The highest BCUT2D eigenvalue weighted by Crippen LogP contribution is 2.32. The molecule has 0 aliphatic carbocycles. The maximum absolute atomic E-state index is 11.0. The molecule has 9 heteroatoms. The van der Waals surface area contributed by atoms with Crippen molar-refractivity contribution in [3.05, 3.63) is 49.2 Å². The van der Waals surface area contributed by atoms with Gasteiger partial charge in [0.15, 0.2) is 5.69 Å². The summed E-state index contributed by atoms with van der Waals surface area (Å²) in [6.45, 7) is -0.0235. The van der Waals surface area contributed by atoms with Crippen LogP contribution in [-0.4, -0.2) is 21.8 Å². The van der Waals surface area contributed by atoms with Gasteiger partial charge in [-0.15, -0.1) is 0 Å². The maximum atomic E-state index is 11.0. The minimum Gasteiger partial charge on any atom is -0.378 e. The van der Waals surface area contributed by atoms with Crippen molar-refractivity contribution >= 4 is 40.5 Å². The van der Waals surface area contributed by atoms with Crippen LogP contribution in [0, 0.1) is 10.1 Å². The summed E-state index contributed by atoms with van der Waals surface area (Å²) in [5.74, 6) is 0. The lowest BCUT2D eigenvalue weighted by Gasteiger charge is -2.03. The lowest BCUT2D eigenvalue weighted by atomic mass is 10.3. The van der Waals surface area contributed by atoms with Crippen LogP contribution in [0.2, 0.25) is 15.2 Å². The number of hydrogen-bond acceptors (Lipinski definition) is 4. The van der Waals surface area contributed by atoms with Crippen LogP contribution in [0.4, 0.5) is 5.69 Å². The standard InChI is InChI=1S/C11H8Cl3N3O3/c1-20-5-9-10(17(18)19)11(14)16(15-9)6-2-3-7(12)8(13)4-6/h2-4H,5H2,1H3. The summed E-state index contributed by atoms with van der Waals surface area (Å²) < 4.78 is 6.10. The van der Waals surface area contributed by atoms with E-state index >= 15 is 0 Å². The smallest absolute Gasteiger partial charge is 0.331 e.